The van der Waals surface area contributed by atoms with E-state index in [-0.39, 0.29) is 65.5 Å². The van der Waals surface area contributed by atoms with E-state index in [0.29, 0.717) is 11.8 Å². The summed E-state index contributed by atoms with van der Waals surface area (Å²) in [4.78, 5) is 0. The van der Waals surface area contributed by atoms with Crippen molar-refractivity contribution in [1.29, 1.82) is 0 Å². The molecule has 0 fully saturated rings. The second-order valence-electron chi connectivity index (χ2n) is 9.56. The summed E-state index contributed by atoms with van der Waals surface area (Å²) in [5, 5.41) is 0. The van der Waals surface area contributed by atoms with Crippen molar-refractivity contribution in [2.75, 3.05) is 0 Å². The Morgan fingerprint density at radius 3 is 1.28 bits per heavy atom. The Morgan fingerprint density at radius 2 is 0.897 bits per heavy atom. The van der Waals surface area contributed by atoms with Crippen LogP contribution in [0.25, 0.3) is 22.3 Å². The summed E-state index contributed by atoms with van der Waals surface area (Å²) in [6.07, 6.45) is 7.62. The van der Waals surface area contributed by atoms with Crippen LogP contribution in [0.4, 0.5) is 0 Å². The first-order valence-electron chi connectivity index (χ1n) is 13.0. The Morgan fingerprint density at radius 1 is 0.538 bits per heavy atom. The number of halogens is 2. The van der Waals surface area contributed by atoms with Crippen molar-refractivity contribution in [2.45, 2.75) is 64.2 Å². The molecule has 0 saturated heterocycles. The van der Waals surface area contributed by atoms with Gasteiger partial charge in [0, 0.05) is 0 Å². The van der Waals surface area contributed by atoms with E-state index in [0.717, 1.165) is 0 Å². The minimum Gasteiger partial charge on any atom is -0.358 e. The van der Waals surface area contributed by atoms with E-state index in [9.17, 15) is 0 Å². The van der Waals surface area contributed by atoms with Crippen LogP contribution in [0.3, 0.4) is 0 Å². The third kappa shape index (κ3) is 7.75. The van der Waals surface area contributed by atoms with Crippen molar-refractivity contribution < 1.29 is 25.8 Å². The van der Waals surface area contributed by atoms with Crippen molar-refractivity contribution in [3.05, 3.63) is 134 Å². The summed E-state index contributed by atoms with van der Waals surface area (Å²) in [5.74, 6) is 1.14. The van der Waals surface area contributed by atoms with Crippen LogP contribution in [0.5, 0.6) is 0 Å². The molecule has 0 heterocycles. The van der Waals surface area contributed by atoms with Gasteiger partial charge in [-0.05, 0) is 35.8 Å². The number of hydrogen-bond donors (Lipinski definition) is 0. The summed E-state index contributed by atoms with van der Waals surface area (Å²) < 4.78 is 0. The Hall–Kier alpha value is -1.67. The molecule has 2 aliphatic rings. The number of rotatable bonds is 6. The van der Waals surface area contributed by atoms with Gasteiger partial charge < -0.3 is 14.9 Å². The molecule has 0 N–H and O–H groups in total. The standard InChI is InChI=1S/2C17H17.2CH3.2ClH.Hf/c2*1-2-3-8-13-14-9-4-6-11-16(14)17-12-7-5-10-15(13)17;;;;;/h2*4-7,9,11-13H,2-3,8H2,1H3;2*1H3;2*1H;/q4*-1;;;+4. The maximum absolute atomic E-state index is 3.45. The molecule has 2 atom stereocenters. The van der Waals surface area contributed by atoms with Gasteiger partial charge in [-0.1, -0.05) is 99.2 Å². The van der Waals surface area contributed by atoms with E-state index in [1.807, 2.05) is 12.1 Å². The zero-order chi connectivity index (χ0) is 23.3. The summed E-state index contributed by atoms with van der Waals surface area (Å²) in [5.41, 5.74) is 11.4. The molecule has 2 aliphatic carbocycles. The van der Waals surface area contributed by atoms with Gasteiger partial charge in [0.15, 0.2) is 0 Å². The van der Waals surface area contributed by atoms with Gasteiger partial charge >= 0.3 is 25.8 Å². The Kier molecular flexibility index (Phi) is 17.1. The van der Waals surface area contributed by atoms with E-state index >= 15 is 0 Å². The van der Waals surface area contributed by atoms with E-state index < -0.39 is 0 Å². The molecule has 0 aromatic heterocycles. The van der Waals surface area contributed by atoms with Crippen LogP contribution in [0.1, 0.15) is 86.5 Å². The van der Waals surface area contributed by atoms with Crippen LogP contribution in [0.15, 0.2) is 84.9 Å². The van der Waals surface area contributed by atoms with Crippen molar-refractivity contribution in [3.8, 4) is 22.3 Å². The maximum atomic E-state index is 3.45. The summed E-state index contributed by atoms with van der Waals surface area (Å²) in [7, 11) is 0. The molecule has 204 valence electrons. The van der Waals surface area contributed by atoms with E-state index in [4.69, 9.17) is 0 Å². The van der Waals surface area contributed by atoms with Crippen LogP contribution in [0.2, 0.25) is 0 Å². The van der Waals surface area contributed by atoms with E-state index in [1.165, 1.54) is 83.0 Å². The molecular weight excluding hydrogens is 682 g/mol. The third-order valence-electron chi connectivity index (χ3n) is 7.42. The Balaban J connectivity index is 0.000000656. The van der Waals surface area contributed by atoms with Gasteiger partial charge in [0.2, 0.25) is 0 Å². The van der Waals surface area contributed by atoms with Gasteiger partial charge in [-0.15, -0.1) is 47.1 Å². The van der Waals surface area contributed by atoms with Crippen LogP contribution in [0, 0.1) is 27.0 Å². The normalized spacial score (nSPS) is 14.5. The molecule has 2 unspecified atom stereocenters. The molecular formula is C36H42Cl2Hf. The monoisotopic (exact) mass is 724 g/mol. The van der Waals surface area contributed by atoms with Gasteiger partial charge in [0.1, 0.15) is 0 Å². The molecule has 4 aromatic rings. The van der Waals surface area contributed by atoms with Crippen molar-refractivity contribution in [1.82, 2.24) is 0 Å². The first-order chi connectivity index (χ1) is 16.8. The molecule has 0 amide bonds. The van der Waals surface area contributed by atoms with Crippen LogP contribution in [-0.2, 0) is 25.8 Å². The molecule has 0 radical (unpaired) electrons. The molecule has 0 nitrogen and oxygen atoms in total. The predicted octanol–water partition coefficient (Wildman–Crippen LogP) is 11.3. The maximum Gasteiger partial charge on any atom is 4.00 e. The summed E-state index contributed by atoms with van der Waals surface area (Å²) in [6, 6.07) is 37.3. The van der Waals surface area contributed by atoms with Gasteiger partial charge in [-0.25, -0.2) is 0 Å². The van der Waals surface area contributed by atoms with Gasteiger partial charge in [-0.3, -0.25) is 0 Å². The second-order valence-corrected chi connectivity index (χ2v) is 9.56. The number of unbranched alkanes of at least 4 members (excludes halogenated alkanes) is 2. The first-order valence-corrected chi connectivity index (χ1v) is 13.0. The smallest absolute Gasteiger partial charge is 0.358 e. The molecule has 3 heteroatoms. The molecule has 0 saturated carbocycles. The first kappa shape index (κ1) is 37.3. The van der Waals surface area contributed by atoms with Crippen LogP contribution >= 0.6 is 24.8 Å². The number of hydrogen-bond acceptors (Lipinski definition) is 0. The molecule has 0 spiro atoms. The summed E-state index contributed by atoms with van der Waals surface area (Å²) >= 11 is 0. The van der Waals surface area contributed by atoms with Crippen LogP contribution in [-0.4, -0.2) is 0 Å². The fourth-order valence-electron chi connectivity index (χ4n) is 5.77. The second kappa shape index (κ2) is 17.9. The molecule has 4 aromatic carbocycles. The average molecular weight is 724 g/mol. The molecule has 0 aliphatic heterocycles. The molecule has 39 heavy (non-hydrogen) atoms. The van der Waals surface area contributed by atoms with Crippen molar-refractivity contribution in [3.63, 3.8) is 0 Å². The Labute approximate surface area is 269 Å². The van der Waals surface area contributed by atoms with Gasteiger partial charge in [0.05, 0.1) is 0 Å². The zero-order valence-electron chi connectivity index (χ0n) is 23.8. The fraction of sp³-hybridized carbons (Fsp3) is 0.278. The Bertz CT molecular complexity index is 1080. The minimum absolute atomic E-state index is 0. The van der Waals surface area contributed by atoms with Crippen LogP contribution < -0.4 is 0 Å². The fourth-order valence-corrected chi connectivity index (χ4v) is 5.77. The minimum atomic E-state index is 0. The molecule has 0 bridgehead atoms. The SMILES string of the molecule is CCCCC1c2[c-]cccc2-c2ccccc21.CCCCC1c2[c-]cccc2-c2ccccc21.Cl.Cl.[CH3-].[CH3-].[Hf+4]. The third-order valence-corrected chi connectivity index (χ3v) is 7.42. The van der Waals surface area contributed by atoms with E-state index in [1.54, 1.807) is 0 Å². The molecule has 6 rings (SSSR count). The van der Waals surface area contributed by atoms with Gasteiger partial charge in [0.25, 0.3) is 0 Å². The van der Waals surface area contributed by atoms with E-state index in [2.05, 4.69) is 98.8 Å². The van der Waals surface area contributed by atoms with Crippen molar-refractivity contribution >= 4 is 24.8 Å². The van der Waals surface area contributed by atoms with Crippen molar-refractivity contribution in [2.24, 2.45) is 0 Å². The predicted molar refractivity (Wildman–Crippen MR) is 171 cm³/mol. The van der Waals surface area contributed by atoms with Gasteiger partial charge in [-0.2, -0.15) is 48.5 Å². The number of fused-ring (bicyclic) bond motifs is 6. The quantitative estimate of drug-likeness (QED) is 0.137. The zero-order valence-corrected chi connectivity index (χ0v) is 29.0. The topological polar surface area (TPSA) is 0 Å². The largest absolute Gasteiger partial charge is 4.00 e. The number of benzene rings is 4. The summed E-state index contributed by atoms with van der Waals surface area (Å²) in [6.45, 7) is 4.52. The average Bonchev–Trinajstić information content (AvgIpc) is 3.39.